The summed E-state index contributed by atoms with van der Waals surface area (Å²) in [5, 5.41) is 5.73. The lowest BCUT2D eigenvalue weighted by molar-refractivity contribution is -0.862. The molecule has 2 amide bonds. The van der Waals surface area contributed by atoms with Crippen LogP contribution in [0.3, 0.4) is 0 Å². The highest BCUT2D eigenvalue weighted by atomic mass is 16.6. The fourth-order valence-electron chi connectivity index (χ4n) is 2.53. The normalized spacial score (nSPS) is 17.5. The molecule has 2 rings (SSSR count). The second kappa shape index (κ2) is 8.20. The summed E-state index contributed by atoms with van der Waals surface area (Å²) < 4.78 is 11.4. The third kappa shape index (κ3) is 6.62. The quantitative estimate of drug-likeness (QED) is 0.638. The van der Waals surface area contributed by atoms with E-state index in [0.29, 0.717) is 18.9 Å². The molecule has 0 spiro atoms. The number of para-hydroxylation sites is 2. The highest BCUT2D eigenvalue weighted by Gasteiger charge is 2.22. The van der Waals surface area contributed by atoms with Gasteiger partial charge in [0.25, 0.3) is 11.8 Å². The first-order valence-corrected chi connectivity index (χ1v) is 8.50. The summed E-state index contributed by atoms with van der Waals surface area (Å²) in [5.74, 6) is 1.22. The van der Waals surface area contributed by atoms with Crippen LogP contribution in [0.5, 0.6) is 11.5 Å². The van der Waals surface area contributed by atoms with Gasteiger partial charge in [-0.1, -0.05) is 12.1 Å². The van der Waals surface area contributed by atoms with Gasteiger partial charge in [0.05, 0.1) is 13.6 Å². The van der Waals surface area contributed by atoms with Gasteiger partial charge in [-0.05, 0) is 32.9 Å². The summed E-state index contributed by atoms with van der Waals surface area (Å²) in [4.78, 5) is 24.7. The Morgan fingerprint density at radius 1 is 1.16 bits per heavy atom. The van der Waals surface area contributed by atoms with Crippen LogP contribution in [0.1, 0.15) is 20.8 Å². The number of hydrogen-bond acceptors (Lipinski definition) is 4. The van der Waals surface area contributed by atoms with Crippen LogP contribution in [0.15, 0.2) is 24.3 Å². The first kappa shape index (κ1) is 19.1. The summed E-state index contributed by atoms with van der Waals surface area (Å²) in [6.45, 7) is 7.03. The summed E-state index contributed by atoms with van der Waals surface area (Å²) in [6, 6.07) is 7.46. The molecule has 25 heavy (non-hydrogen) atoms. The minimum atomic E-state index is -0.270. The molecule has 0 aromatic heterocycles. The van der Waals surface area contributed by atoms with Gasteiger partial charge in [-0.2, -0.15) is 0 Å². The molecule has 1 aromatic carbocycles. The van der Waals surface area contributed by atoms with Crippen LogP contribution in [-0.2, 0) is 9.59 Å². The van der Waals surface area contributed by atoms with E-state index in [1.807, 2.05) is 52.1 Å². The van der Waals surface area contributed by atoms with E-state index in [1.165, 1.54) is 0 Å². The molecule has 7 heteroatoms. The Kier molecular flexibility index (Phi) is 6.25. The SMILES string of the molecule is C[NH+](CC(=O)NC[C@H]1COc2ccccc2O1)CC(=O)NC(C)(C)C. The Hall–Kier alpha value is -2.28. The van der Waals surface area contributed by atoms with Crippen molar-refractivity contribution >= 4 is 11.8 Å². The summed E-state index contributed by atoms with van der Waals surface area (Å²) >= 11 is 0. The fraction of sp³-hybridized carbons (Fsp3) is 0.556. The van der Waals surface area contributed by atoms with Crippen LogP contribution < -0.4 is 25.0 Å². The zero-order chi connectivity index (χ0) is 18.4. The van der Waals surface area contributed by atoms with E-state index >= 15 is 0 Å². The van der Waals surface area contributed by atoms with Crippen LogP contribution >= 0.6 is 0 Å². The van der Waals surface area contributed by atoms with Gasteiger partial charge in [0.15, 0.2) is 24.6 Å². The minimum Gasteiger partial charge on any atom is -0.486 e. The molecule has 1 aromatic rings. The van der Waals surface area contributed by atoms with Crippen LogP contribution in [0, 0.1) is 0 Å². The van der Waals surface area contributed by atoms with Crippen LogP contribution in [0.2, 0.25) is 0 Å². The number of amides is 2. The van der Waals surface area contributed by atoms with Gasteiger partial charge in [-0.3, -0.25) is 9.59 Å². The number of benzene rings is 1. The average Bonchev–Trinajstić information content (AvgIpc) is 2.50. The molecule has 1 heterocycles. The average molecular weight is 350 g/mol. The Balaban J connectivity index is 1.70. The van der Waals surface area contributed by atoms with Crippen molar-refractivity contribution in [2.45, 2.75) is 32.4 Å². The summed E-state index contributed by atoms with van der Waals surface area (Å²) in [7, 11) is 1.82. The van der Waals surface area contributed by atoms with E-state index < -0.39 is 0 Å². The zero-order valence-corrected chi connectivity index (χ0v) is 15.3. The Morgan fingerprint density at radius 3 is 2.48 bits per heavy atom. The molecule has 0 saturated heterocycles. The molecular formula is C18H28N3O4+. The van der Waals surface area contributed by atoms with Crippen LogP contribution in [0.4, 0.5) is 0 Å². The number of nitrogens with one attached hydrogen (secondary N) is 3. The lowest BCUT2D eigenvalue weighted by Gasteiger charge is -2.26. The molecule has 0 radical (unpaired) electrons. The molecule has 7 nitrogen and oxygen atoms in total. The zero-order valence-electron chi connectivity index (χ0n) is 15.3. The number of ether oxygens (including phenoxy) is 2. The molecule has 0 saturated carbocycles. The van der Waals surface area contributed by atoms with Gasteiger partial charge >= 0.3 is 0 Å². The third-order valence-corrected chi connectivity index (χ3v) is 3.53. The molecule has 1 aliphatic heterocycles. The Morgan fingerprint density at radius 2 is 1.80 bits per heavy atom. The predicted octanol–water partition coefficient (Wildman–Crippen LogP) is -0.628. The smallest absolute Gasteiger partial charge is 0.275 e. The number of hydrogen-bond donors (Lipinski definition) is 3. The number of carbonyl (C=O) groups is 2. The minimum absolute atomic E-state index is 0.0709. The number of quaternary nitrogens is 1. The van der Waals surface area contributed by atoms with E-state index in [9.17, 15) is 9.59 Å². The largest absolute Gasteiger partial charge is 0.486 e. The monoisotopic (exact) mass is 350 g/mol. The van der Waals surface area contributed by atoms with Gasteiger partial charge < -0.3 is 25.0 Å². The van der Waals surface area contributed by atoms with E-state index in [1.54, 1.807) is 0 Å². The van der Waals surface area contributed by atoms with E-state index in [0.717, 1.165) is 10.6 Å². The first-order chi connectivity index (χ1) is 11.7. The number of likely N-dealkylation sites (N-methyl/N-ethyl adjacent to an activating group) is 1. The van der Waals surface area contributed by atoms with Crippen molar-refractivity contribution in [3.63, 3.8) is 0 Å². The molecular weight excluding hydrogens is 322 g/mol. The second-order valence-electron chi connectivity index (χ2n) is 7.41. The van der Waals surface area contributed by atoms with E-state index in [4.69, 9.17) is 9.47 Å². The number of rotatable bonds is 6. The fourth-order valence-corrected chi connectivity index (χ4v) is 2.53. The summed E-state index contributed by atoms with van der Waals surface area (Å²) in [5.41, 5.74) is -0.270. The van der Waals surface area contributed by atoms with Crippen molar-refractivity contribution in [2.75, 3.05) is 33.3 Å². The molecule has 0 fully saturated rings. The first-order valence-electron chi connectivity index (χ1n) is 8.50. The Bertz CT molecular complexity index is 613. The molecule has 1 unspecified atom stereocenters. The maximum Gasteiger partial charge on any atom is 0.275 e. The summed E-state index contributed by atoms with van der Waals surface area (Å²) in [6.07, 6.45) is -0.219. The van der Waals surface area contributed by atoms with Gasteiger partial charge in [-0.15, -0.1) is 0 Å². The van der Waals surface area contributed by atoms with Crippen molar-refractivity contribution in [1.29, 1.82) is 0 Å². The van der Waals surface area contributed by atoms with Gasteiger partial charge in [0.2, 0.25) is 0 Å². The lowest BCUT2D eigenvalue weighted by atomic mass is 10.1. The maximum atomic E-state index is 12.0. The van der Waals surface area contributed by atoms with E-state index in [2.05, 4.69) is 10.6 Å². The second-order valence-corrected chi connectivity index (χ2v) is 7.41. The van der Waals surface area contributed by atoms with Gasteiger partial charge in [0.1, 0.15) is 12.7 Å². The number of carbonyl (C=O) groups excluding carboxylic acids is 2. The lowest BCUT2D eigenvalue weighted by Crippen LogP contribution is -3.11. The van der Waals surface area contributed by atoms with Crippen molar-refractivity contribution in [3.8, 4) is 11.5 Å². The highest BCUT2D eigenvalue weighted by Crippen LogP contribution is 2.30. The molecule has 0 bridgehead atoms. The standard InChI is InChI=1S/C18H27N3O4/c1-18(2,3)20-17(23)11-21(4)10-16(22)19-9-13-12-24-14-7-5-6-8-15(14)25-13/h5-8,13H,9-12H2,1-4H3,(H,19,22)(H,20,23)/p+1/t13-/m0/s1. The molecule has 2 atom stereocenters. The Labute approximate surface area is 148 Å². The molecule has 1 aliphatic rings. The van der Waals surface area contributed by atoms with Crippen LogP contribution in [-0.4, -0.2) is 56.7 Å². The topological polar surface area (TPSA) is 81.1 Å². The molecule has 0 aliphatic carbocycles. The molecule has 3 N–H and O–H groups in total. The highest BCUT2D eigenvalue weighted by molar-refractivity contribution is 5.79. The van der Waals surface area contributed by atoms with Crippen LogP contribution in [0.25, 0.3) is 0 Å². The van der Waals surface area contributed by atoms with Crippen molar-refractivity contribution in [1.82, 2.24) is 10.6 Å². The van der Waals surface area contributed by atoms with Crippen molar-refractivity contribution in [3.05, 3.63) is 24.3 Å². The van der Waals surface area contributed by atoms with E-state index in [-0.39, 0.29) is 36.5 Å². The maximum absolute atomic E-state index is 12.0. The third-order valence-electron chi connectivity index (χ3n) is 3.53. The van der Waals surface area contributed by atoms with Gasteiger partial charge in [-0.25, -0.2) is 0 Å². The van der Waals surface area contributed by atoms with Crippen molar-refractivity contribution in [2.24, 2.45) is 0 Å². The number of fused-ring (bicyclic) bond motifs is 1. The van der Waals surface area contributed by atoms with Crippen molar-refractivity contribution < 1.29 is 24.0 Å². The molecule has 138 valence electrons. The predicted molar refractivity (Wildman–Crippen MR) is 93.9 cm³/mol. The van der Waals surface area contributed by atoms with Gasteiger partial charge in [0, 0.05) is 5.54 Å².